The number of aromatic amines is 1. The van der Waals surface area contributed by atoms with Crippen LogP contribution >= 0.6 is 0 Å². The molecule has 1 aliphatic rings. The maximum absolute atomic E-state index is 13.8. The monoisotopic (exact) mass is 533 g/mol. The Kier molecular flexibility index (Phi) is 6.86. The van der Waals surface area contributed by atoms with Gasteiger partial charge in [0, 0.05) is 42.9 Å². The first-order valence-corrected chi connectivity index (χ1v) is 12.2. The molecular formula is C29H26F3N5O2. The Hall–Kier alpha value is -4.60. The van der Waals surface area contributed by atoms with E-state index in [1.807, 2.05) is 42.3 Å². The largest absolute Gasteiger partial charge is 0.497 e. The van der Waals surface area contributed by atoms with E-state index in [-0.39, 0.29) is 17.8 Å². The SMILES string of the molecule is COc1ccc(C2CN(c3ccc(C(=N)N(C)Cc4ccccc4)cc3)C(=O)c3n[nH]c(C(F)(F)F)c32)cc1. The molecule has 1 unspecified atom stereocenters. The number of hydrogen-bond acceptors (Lipinski definition) is 4. The summed E-state index contributed by atoms with van der Waals surface area (Å²) in [6, 6.07) is 23.4. The van der Waals surface area contributed by atoms with Gasteiger partial charge in [0.25, 0.3) is 5.91 Å². The summed E-state index contributed by atoms with van der Waals surface area (Å²) in [5.41, 5.74) is 1.39. The summed E-state index contributed by atoms with van der Waals surface area (Å²) < 4.78 is 46.7. The van der Waals surface area contributed by atoms with Crippen molar-refractivity contribution < 1.29 is 22.7 Å². The Labute approximate surface area is 223 Å². The number of H-pyrrole nitrogens is 1. The van der Waals surface area contributed by atoms with E-state index in [0.717, 1.165) is 5.56 Å². The molecule has 39 heavy (non-hydrogen) atoms. The fourth-order valence-electron chi connectivity index (χ4n) is 4.84. The number of halogens is 3. The van der Waals surface area contributed by atoms with Crippen molar-refractivity contribution in [1.82, 2.24) is 15.1 Å². The van der Waals surface area contributed by atoms with E-state index >= 15 is 0 Å². The first-order valence-electron chi connectivity index (χ1n) is 12.2. The first-order chi connectivity index (χ1) is 18.7. The lowest BCUT2D eigenvalue weighted by molar-refractivity contribution is -0.141. The molecule has 0 fully saturated rings. The van der Waals surface area contributed by atoms with Crippen molar-refractivity contribution in [1.29, 1.82) is 5.41 Å². The van der Waals surface area contributed by atoms with E-state index in [2.05, 4.69) is 10.2 Å². The van der Waals surface area contributed by atoms with Crippen molar-refractivity contribution in [2.45, 2.75) is 18.6 Å². The Morgan fingerprint density at radius 1 is 1.08 bits per heavy atom. The molecule has 0 radical (unpaired) electrons. The van der Waals surface area contributed by atoms with Gasteiger partial charge in [-0.25, -0.2) is 0 Å². The second-order valence-electron chi connectivity index (χ2n) is 9.34. The first kappa shape index (κ1) is 26.0. The second-order valence-corrected chi connectivity index (χ2v) is 9.34. The molecule has 0 saturated carbocycles. The van der Waals surface area contributed by atoms with Crippen LogP contribution in [0.4, 0.5) is 18.9 Å². The van der Waals surface area contributed by atoms with Crippen LogP contribution in [0.15, 0.2) is 78.9 Å². The zero-order valence-electron chi connectivity index (χ0n) is 21.3. The molecule has 7 nitrogen and oxygen atoms in total. The molecule has 3 aromatic carbocycles. The number of alkyl halides is 3. The number of rotatable bonds is 6. The number of aromatic nitrogens is 2. The number of ether oxygens (including phenoxy) is 1. The van der Waals surface area contributed by atoms with Crippen molar-refractivity contribution in [3.8, 4) is 5.75 Å². The quantitative estimate of drug-likeness (QED) is 0.247. The van der Waals surface area contributed by atoms with Crippen LogP contribution in [0.2, 0.25) is 0 Å². The Morgan fingerprint density at radius 3 is 2.36 bits per heavy atom. The van der Waals surface area contributed by atoms with Crippen LogP contribution in [0.5, 0.6) is 5.75 Å². The zero-order valence-corrected chi connectivity index (χ0v) is 21.3. The molecule has 4 aromatic rings. The summed E-state index contributed by atoms with van der Waals surface area (Å²) in [5, 5.41) is 14.4. The molecule has 200 valence electrons. The fraction of sp³-hybridized carbons (Fsp3) is 0.207. The van der Waals surface area contributed by atoms with Gasteiger partial charge in [0.2, 0.25) is 0 Å². The summed E-state index contributed by atoms with van der Waals surface area (Å²) >= 11 is 0. The molecular weight excluding hydrogens is 507 g/mol. The second kappa shape index (κ2) is 10.3. The predicted octanol–water partition coefficient (Wildman–Crippen LogP) is 5.69. The van der Waals surface area contributed by atoms with Gasteiger partial charge in [0.05, 0.1) is 7.11 Å². The van der Waals surface area contributed by atoms with Gasteiger partial charge in [-0.2, -0.15) is 18.3 Å². The molecule has 2 heterocycles. The van der Waals surface area contributed by atoms with Gasteiger partial charge in [-0.3, -0.25) is 15.3 Å². The molecule has 0 bridgehead atoms. The normalized spacial score (nSPS) is 15.2. The number of amides is 1. The van der Waals surface area contributed by atoms with Gasteiger partial charge in [-0.05, 0) is 47.5 Å². The summed E-state index contributed by atoms with van der Waals surface area (Å²) in [4.78, 5) is 16.6. The average molecular weight is 534 g/mol. The number of carbonyl (C=O) groups excluding carboxylic acids is 1. The number of methoxy groups -OCH3 is 1. The van der Waals surface area contributed by atoms with Crippen LogP contribution in [-0.2, 0) is 12.7 Å². The van der Waals surface area contributed by atoms with E-state index in [4.69, 9.17) is 10.1 Å². The minimum Gasteiger partial charge on any atom is -0.497 e. The molecule has 5 rings (SSSR count). The number of nitrogens with zero attached hydrogens (tertiary/aromatic N) is 3. The van der Waals surface area contributed by atoms with Crippen molar-refractivity contribution >= 4 is 17.4 Å². The summed E-state index contributed by atoms with van der Waals surface area (Å²) in [7, 11) is 3.34. The predicted molar refractivity (Wildman–Crippen MR) is 141 cm³/mol. The van der Waals surface area contributed by atoms with Gasteiger partial charge in [0.1, 0.15) is 17.3 Å². The number of hydrogen-bond donors (Lipinski definition) is 2. The molecule has 0 aliphatic carbocycles. The molecule has 1 aromatic heterocycles. The minimum atomic E-state index is -4.69. The van der Waals surface area contributed by atoms with Crippen molar-refractivity contribution in [3.63, 3.8) is 0 Å². The molecule has 0 spiro atoms. The Morgan fingerprint density at radius 2 is 1.74 bits per heavy atom. The number of amidine groups is 1. The lowest BCUT2D eigenvalue weighted by Gasteiger charge is -2.33. The van der Waals surface area contributed by atoms with Gasteiger partial charge >= 0.3 is 6.18 Å². The van der Waals surface area contributed by atoms with E-state index in [1.54, 1.807) is 48.5 Å². The number of nitrogens with one attached hydrogen (secondary N) is 2. The smallest absolute Gasteiger partial charge is 0.433 e. The van der Waals surface area contributed by atoms with Gasteiger partial charge in [-0.15, -0.1) is 0 Å². The number of carbonyl (C=O) groups is 1. The van der Waals surface area contributed by atoms with Crippen molar-refractivity contribution in [3.05, 3.63) is 113 Å². The van der Waals surface area contributed by atoms with Crippen molar-refractivity contribution in [2.24, 2.45) is 0 Å². The highest BCUT2D eigenvalue weighted by Gasteiger charge is 2.45. The summed E-state index contributed by atoms with van der Waals surface area (Å²) in [6.07, 6.45) is -4.69. The molecule has 1 aliphatic heterocycles. The van der Waals surface area contributed by atoms with E-state index < -0.39 is 23.7 Å². The molecule has 1 amide bonds. The van der Waals surface area contributed by atoms with Crippen LogP contribution in [0, 0.1) is 5.41 Å². The van der Waals surface area contributed by atoms with Crippen LogP contribution in [0.3, 0.4) is 0 Å². The van der Waals surface area contributed by atoms with E-state index in [9.17, 15) is 18.0 Å². The summed E-state index contributed by atoms with van der Waals surface area (Å²) in [5.74, 6) is -0.517. The highest BCUT2D eigenvalue weighted by Crippen LogP contribution is 2.42. The molecule has 10 heteroatoms. The van der Waals surface area contributed by atoms with Crippen LogP contribution in [-0.4, -0.2) is 47.5 Å². The summed E-state index contributed by atoms with van der Waals surface area (Å²) in [6.45, 7) is 0.546. The standard InChI is InChI=1S/C29H26F3N5O2/c1-36(16-18-6-4-3-5-7-18)27(33)20-8-12-21(13-9-20)37-17-23(19-10-14-22(39-2)15-11-19)24-25(28(37)38)34-35-26(24)29(30,31)32/h3-15,23,33H,16-17H2,1-2H3,(H,34,35). The maximum atomic E-state index is 13.8. The number of benzene rings is 3. The van der Waals surface area contributed by atoms with Crippen LogP contribution in [0.1, 0.15) is 44.4 Å². The fourth-order valence-corrected chi connectivity index (χ4v) is 4.84. The third kappa shape index (κ3) is 5.09. The number of fused-ring (bicyclic) bond motifs is 1. The van der Waals surface area contributed by atoms with Gasteiger partial charge in [-0.1, -0.05) is 42.5 Å². The van der Waals surface area contributed by atoms with E-state index in [0.29, 0.717) is 34.9 Å². The number of anilines is 1. The van der Waals surface area contributed by atoms with Crippen molar-refractivity contribution in [2.75, 3.05) is 25.6 Å². The zero-order chi connectivity index (χ0) is 27.7. The maximum Gasteiger partial charge on any atom is 0.433 e. The molecule has 0 saturated heterocycles. The minimum absolute atomic E-state index is 0.00845. The van der Waals surface area contributed by atoms with Gasteiger partial charge < -0.3 is 14.5 Å². The lowest BCUT2D eigenvalue weighted by atomic mass is 9.85. The highest BCUT2D eigenvalue weighted by molar-refractivity contribution is 6.08. The van der Waals surface area contributed by atoms with Crippen LogP contribution in [0.25, 0.3) is 0 Å². The topological polar surface area (TPSA) is 85.3 Å². The third-order valence-electron chi connectivity index (χ3n) is 6.86. The molecule has 2 N–H and O–H groups in total. The molecule has 1 atom stereocenters. The third-order valence-corrected chi connectivity index (χ3v) is 6.86. The highest BCUT2D eigenvalue weighted by atomic mass is 19.4. The average Bonchev–Trinajstić information content (AvgIpc) is 3.40. The van der Waals surface area contributed by atoms with Crippen LogP contribution < -0.4 is 9.64 Å². The lowest BCUT2D eigenvalue weighted by Crippen LogP contribution is -2.41. The van der Waals surface area contributed by atoms with Gasteiger partial charge in [0.15, 0.2) is 5.69 Å². The Balaban J connectivity index is 1.45. The van der Waals surface area contributed by atoms with E-state index in [1.165, 1.54) is 12.0 Å². The Bertz CT molecular complexity index is 1480.